The van der Waals surface area contributed by atoms with Crippen LogP contribution >= 0.6 is 0 Å². The van der Waals surface area contributed by atoms with Crippen molar-refractivity contribution in [1.29, 1.82) is 0 Å². The van der Waals surface area contributed by atoms with Crippen molar-refractivity contribution < 1.29 is 18.3 Å². The van der Waals surface area contributed by atoms with E-state index in [4.69, 9.17) is 15.2 Å². The zero-order chi connectivity index (χ0) is 25.0. The summed E-state index contributed by atoms with van der Waals surface area (Å²) in [6.45, 7) is 0.628. The molecule has 0 bridgehead atoms. The van der Waals surface area contributed by atoms with Gasteiger partial charge in [0.2, 0.25) is 5.95 Å². The monoisotopic (exact) mass is 491 g/mol. The van der Waals surface area contributed by atoms with Gasteiger partial charge >= 0.3 is 0 Å². The molecule has 12 heteroatoms. The molecule has 0 fully saturated rings. The molecule has 0 saturated carbocycles. The summed E-state index contributed by atoms with van der Waals surface area (Å²) in [6.07, 6.45) is 2.50. The number of halogens is 2. The third kappa shape index (κ3) is 3.45. The predicted molar refractivity (Wildman–Crippen MR) is 129 cm³/mol. The van der Waals surface area contributed by atoms with E-state index in [0.717, 1.165) is 10.6 Å². The van der Waals surface area contributed by atoms with Crippen LogP contribution in [-0.2, 0) is 0 Å². The van der Waals surface area contributed by atoms with Crippen molar-refractivity contribution in [2.45, 2.75) is 6.10 Å². The van der Waals surface area contributed by atoms with Crippen molar-refractivity contribution >= 4 is 33.6 Å². The molecule has 4 heterocycles. The number of aromatic nitrogens is 5. The summed E-state index contributed by atoms with van der Waals surface area (Å²) in [4.78, 5) is 24.0. The van der Waals surface area contributed by atoms with Crippen LogP contribution in [-0.4, -0.2) is 51.0 Å². The van der Waals surface area contributed by atoms with Gasteiger partial charge in [-0.25, -0.2) is 13.8 Å². The number of nitrogen functional groups attached to an aromatic ring is 1. The van der Waals surface area contributed by atoms with Crippen LogP contribution in [0.2, 0.25) is 0 Å². The first-order valence-electron chi connectivity index (χ1n) is 11.0. The van der Waals surface area contributed by atoms with Gasteiger partial charge in [0.05, 0.1) is 34.7 Å². The number of hydrogen-bond acceptors (Lipinski definition) is 8. The fraction of sp³-hybridized carbons (Fsp3) is 0.167. The number of nitrogens with two attached hydrogens (primary N) is 1. The average Bonchev–Trinajstić information content (AvgIpc) is 3.37. The third-order valence-corrected chi connectivity index (χ3v) is 5.99. The minimum atomic E-state index is -1.16. The molecule has 1 aliphatic rings. The van der Waals surface area contributed by atoms with Gasteiger partial charge in [0.1, 0.15) is 6.61 Å². The Morgan fingerprint density at radius 3 is 2.92 bits per heavy atom. The largest absolute Gasteiger partial charge is 0.486 e. The second-order valence-corrected chi connectivity index (χ2v) is 8.42. The van der Waals surface area contributed by atoms with E-state index in [1.807, 2.05) is 0 Å². The number of fused-ring (bicyclic) bond motifs is 4. The first-order chi connectivity index (χ1) is 17.4. The van der Waals surface area contributed by atoms with E-state index in [9.17, 15) is 13.6 Å². The molecule has 5 aromatic rings. The van der Waals surface area contributed by atoms with Crippen molar-refractivity contribution in [1.82, 2.24) is 24.7 Å². The first kappa shape index (κ1) is 21.8. The Hall–Kier alpha value is -4.74. The van der Waals surface area contributed by atoms with Crippen molar-refractivity contribution in [2.24, 2.45) is 0 Å². The van der Waals surface area contributed by atoms with Crippen molar-refractivity contribution in [3.8, 4) is 17.2 Å². The summed E-state index contributed by atoms with van der Waals surface area (Å²) in [5, 5.41) is 7.32. The molecule has 0 spiro atoms. The Labute approximate surface area is 201 Å². The molecule has 36 heavy (non-hydrogen) atoms. The second-order valence-electron chi connectivity index (χ2n) is 8.42. The maximum absolute atomic E-state index is 14.8. The van der Waals surface area contributed by atoms with Gasteiger partial charge in [-0.15, -0.1) is 0 Å². The Morgan fingerprint density at radius 1 is 1.19 bits per heavy atom. The number of nitrogens with zero attached hydrogens (tertiary/aromatic N) is 5. The van der Waals surface area contributed by atoms with Crippen LogP contribution in [0.3, 0.4) is 0 Å². The lowest BCUT2D eigenvalue weighted by Crippen LogP contribution is -2.40. The van der Waals surface area contributed by atoms with E-state index in [0.29, 0.717) is 34.6 Å². The number of rotatable bonds is 4. The second kappa shape index (κ2) is 8.18. The summed E-state index contributed by atoms with van der Waals surface area (Å²) < 4.78 is 41.7. The number of likely N-dealkylation sites (N-methyl/N-ethyl adjacent to an activating group) is 1. The van der Waals surface area contributed by atoms with E-state index in [2.05, 4.69) is 20.2 Å². The van der Waals surface area contributed by atoms with Crippen molar-refractivity contribution in [2.75, 3.05) is 30.8 Å². The highest BCUT2D eigenvalue weighted by atomic mass is 19.2. The lowest BCUT2D eigenvalue weighted by molar-refractivity contribution is 0.0959. The van der Waals surface area contributed by atoms with Gasteiger partial charge in [0, 0.05) is 25.0 Å². The van der Waals surface area contributed by atoms with E-state index >= 15 is 0 Å². The molecule has 0 saturated heterocycles. The Balaban J connectivity index is 1.42. The maximum Gasteiger partial charge on any atom is 0.267 e. The van der Waals surface area contributed by atoms with E-state index in [1.165, 1.54) is 24.5 Å². The lowest BCUT2D eigenvalue weighted by Gasteiger charge is -2.29. The molecule has 6 rings (SSSR count). The number of H-pyrrole nitrogens is 1. The standard InChI is InChI=1S/C24H19F2N7O3/c1-32(10-13-11-35-19-7-12(27)5-6-18(19)36-13)24-28-8-14-21-15(9-29-31-21)23(34)33(22(14)30-24)17-4-2-3-16(25)20(17)26/h2-9,13H,10-11,27H2,1H3,(H,29,31)/t13-/m0/s1. The molecule has 0 amide bonds. The van der Waals surface area contributed by atoms with Gasteiger partial charge in [-0.1, -0.05) is 6.07 Å². The third-order valence-electron chi connectivity index (χ3n) is 5.99. The van der Waals surface area contributed by atoms with Crippen LogP contribution in [0.25, 0.3) is 27.6 Å². The minimum absolute atomic E-state index is 0.0970. The van der Waals surface area contributed by atoms with Gasteiger partial charge in [-0.05, 0) is 24.3 Å². The van der Waals surface area contributed by atoms with E-state index in [1.54, 1.807) is 30.1 Å². The number of benzene rings is 2. The summed E-state index contributed by atoms with van der Waals surface area (Å²) in [5.41, 5.74) is 6.01. The summed E-state index contributed by atoms with van der Waals surface area (Å²) in [7, 11) is 1.75. The number of nitrogens with one attached hydrogen (secondary N) is 1. The molecule has 10 nitrogen and oxygen atoms in total. The Bertz CT molecular complexity index is 1700. The van der Waals surface area contributed by atoms with Crippen LogP contribution in [0.4, 0.5) is 20.4 Å². The van der Waals surface area contributed by atoms with Crippen molar-refractivity contribution in [3.63, 3.8) is 0 Å². The summed E-state index contributed by atoms with van der Waals surface area (Å²) in [5.74, 6) is -0.851. The molecule has 1 aliphatic heterocycles. The molecular formula is C24H19F2N7O3. The van der Waals surface area contributed by atoms with Crippen LogP contribution in [0.5, 0.6) is 11.5 Å². The molecule has 3 aromatic heterocycles. The van der Waals surface area contributed by atoms with Gasteiger partial charge in [0.25, 0.3) is 5.56 Å². The number of anilines is 2. The van der Waals surface area contributed by atoms with Gasteiger partial charge in [0.15, 0.2) is 34.9 Å². The maximum atomic E-state index is 14.8. The topological polar surface area (TPSA) is 124 Å². The smallest absolute Gasteiger partial charge is 0.267 e. The number of hydrogen-bond donors (Lipinski definition) is 2. The van der Waals surface area contributed by atoms with Gasteiger partial charge in [-0.2, -0.15) is 10.1 Å². The van der Waals surface area contributed by atoms with Gasteiger partial charge in [-0.3, -0.25) is 14.5 Å². The average molecular weight is 491 g/mol. The molecule has 0 unspecified atom stereocenters. The van der Waals surface area contributed by atoms with E-state index < -0.39 is 17.2 Å². The first-order valence-corrected chi connectivity index (χ1v) is 11.0. The summed E-state index contributed by atoms with van der Waals surface area (Å²) >= 11 is 0. The van der Waals surface area contributed by atoms with Crippen molar-refractivity contribution in [3.05, 3.63) is 70.8 Å². The highest BCUT2D eigenvalue weighted by Crippen LogP contribution is 2.33. The zero-order valence-corrected chi connectivity index (χ0v) is 18.9. The number of aromatic amines is 1. The fourth-order valence-corrected chi connectivity index (χ4v) is 4.26. The Kier molecular flexibility index (Phi) is 4.95. The SMILES string of the molecule is CN(C[C@H]1COc2cc(N)ccc2O1)c1ncc2c3[nH]ncc3c(=O)n(-c3cccc(F)c3F)c2n1. The molecule has 182 valence electrons. The number of ether oxygens (including phenoxy) is 2. The van der Waals surface area contributed by atoms with Crippen LogP contribution in [0.1, 0.15) is 0 Å². The van der Waals surface area contributed by atoms with Crippen LogP contribution in [0.15, 0.2) is 53.6 Å². The molecule has 3 N–H and O–H groups in total. The molecular weight excluding hydrogens is 472 g/mol. The normalized spacial score (nSPS) is 14.9. The highest BCUT2D eigenvalue weighted by Gasteiger charge is 2.25. The lowest BCUT2D eigenvalue weighted by atomic mass is 10.2. The molecule has 0 radical (unpaired) electrons. The fourth-order valence-electron chi connectivity index (χ4n) is 4.26. The number of pyridine rings is 1. The quantitative estimate of drug-likeness (QED) is 0.368. The van der Waals surface area contributed by atoms with Crippen LogP contribution < -0.4 is 25.7 Å². The predicted octanol–water partition coefficient (Wildman–Crippen LogP) is 2.79. The zero-order valence-electron chi connectivity index (χ0n) is 18.9. The minimum Gasteiger partial charge on any atom is -0.486 e. The molecule has 2 aromatic carbocycles. The molecule has 0 aliphatic carbocycles. The molecule has 1 atom stereocenters. The van der Waals surface area contributed by atoms with Gasteiger partial charge < -0.3 is 20.1 Å². The highest BCUT2D eigenvalue weighted by molar-refractivity contribution is 6.02. The van der Waals surface area contributed by atoms with Crippen LogP contribution in [0, 0.1) is 11.6 Å². The van der Waals surface area contributed by atoms with E-state index in [-0.39, 0.29) is 35.4 Å². The summed E-state index contributed by atoms with van der Waals surface area (Å²) in [6, 6.07) is 8.78. The Morgan fingerprint density at radius 2 is 2.06 bits per heavy atom.